The zero-order valence-electron chi connectivity index (χ0n) is 6.65. The third-order valence-corrected chi connectivity index (χ3v) is 2.02. The van der Waals surface area contributed by atoms with Crippen molar-refractivity contribution in [1.82, 2.24) is 0 Å². The first kappa shape index (κ1) is 10.3. The van der Waals surface area contributed by atoms with Crippen molar-refractivity contribution >= 4 is 0 Å². The topological polar surface area (TPSA) is 83.6 Å². The van der Waals surface area contributed by atoms with E-state index in [2.05, 4.69) is 0 Å². The van der Waals surface area contributed by atoms with E-state index in [4.69, 9.17) is 10.2 Å². The molecule has 2 atom stereocenters. The van der Waals surface area contributed by atoms with E-state index in [9.17, 15) is 10.1 Å². The van der Waals surface area contributed by atoms with E-state index in [1.807, 2.05) is 0 Å². The van der Waals surface area contributed by atoms with Crippen LogP contribution in [0.5, 0.6) is 0 Å². The van der Waals surface area contributed by atoms with Gasteiger partial charge in [0.1, 0.15) is 6.10 Å². The van der Waals surface area contributed by atoms with Crippen molar-refractivity contribution in [2.24, 2.45) is 0 Å². The van der Waals surface area contributed by atoms with E-state index in [0.29, 0.717) is 0 Å². The monoisotopic (exact) mass is 163 g/mol. The lowest BCUT2D eigenvalue weighted by atomic mass is 9.93. The van der Waals surface area contributed by atoms with Gasteiger partial charge in [0.25, 0.3) is 0 Å². The second-order valence-electron chi connectivity index (χ2n) is 2.67. The Labute approximate surface area is 64.8 Å². The number of rotatable bonds is 4. The minimum atomic E-state index is -1.42. The molecule has 66 valence electrons. The van der Waals surface area contributed by atoms with Crippen LogP contribution < -0.4 is 0 Å². The summed E-state index contributed by atoms with van der Waals surface area (Å²) < 4.78 is 0. The van der Waals surface area contributed by atoms with Gasteiger partial charge >= 0.3 is 0 Å². The first-order valence-corrected chi connectivity index (χ1v) is 3.42. The molecule has 11 heavy (non-hydrogen) atoms. The average molecular weight is 163 g/mol. The molecular formula is C6H13NO4. The van der Waals surface area contributed by atoms with Gasteiger partial charge in [-0.2, -0.15) is 0 Å². The van der Waals surface area contributed by atoms with Crippen molar-refractivity contribution in [3.8, 4) is 0 Å². The lowest BCUT2D eigenvalue weighted by Crippen LogP contribution is -2.47. The zero-order valence-corrected chi connectivity index (χ0v) is 6.65. The predicted octanol–water partition coefficient (Wildman–Crippen LogP) is -0.215. The molecule has 0 aliphatic rings. The maximum Gasteiger partial charge on any atom is 0.246 e. The maximum absolute atomic E-state index is 10.4. The minimum absolute atomic E-state index is 0.196. The number of hydrogen-bond acceptors (Lipinski definition) is 4. The van der Waals surface area contributed by atoms with Gasteiger partial charge in [-0.05, 0) is 0 Å². The maximum atomic E-state index is 10.4. The fourth-order valence-corrected chi connectivity index (χ4v) is 0.683. The van der Waals surface area contributed by atoms with Crippen molar-refractivity contribution in [1.29, 1.82) is 0 Å². The van der Waals surface area contributed by atoms with Gasteiger partial charge in [-0.3, -0.25) is 10.1 Å². The molecule has 2 unspecified atom stereocenters. The van der Waals surface area contributed by atoms with Crippen LogP contribution in [0, 0.1) is 10.1 Å². The van der Waals surface area contributed by atoms with Crippen LogP contribution in [0.2, 0.25) is 0 Å². The molecular weight excluding hydrogens is 150 g/mol. The highest BCUT2D eigenvalue weighted by molar-refractivity contribution is 4.80. The number of nitro groups is 1. The van der Waals surface area contributed by atoms with E-state index in [1.165, 1.54) is 6.92 Å². The fraction of sp³-hybridized carbons (Fsp3) is 1.00. The number of aliphatic hydroxyl groups is 2. The largest absolute Gasteiger partial charge is 0.393 e. The van der Waals surface area contributed by atoms with Crippen LogP contribution in [0.4, 0.5) is 0 Å². The molecule has 0 aromatic rings. The second-order valence-corrected chi connectivity index (χ2v) is 2.67. The summed E-state index contributed by atoms with van der Waals surface area (Å²) in [5.41, 5.74) is -1.42. The Kier molecular flexibility index (Phi) is 3.41. The standard InChI is InChI=1S/C6H13NO4/c1-3-6(2,7(10)11)5(9)4-8/h5,8-9H,3-4H2,1-2H3. The van der Waals surface area contributed by atoms with Crippen LogP contribution in [0.3, 0.4) is 0 Å². The average Bonchev–Trinajstić information content (AvgIpc) is 2.01. The third-order valence-electron chi connectivity index (χ3n) is 2.02. The van der Waals surface area contributed by atoms with Gasteiger partial charge in [0.2, 0.25) is 5.54 Å². The summed E-state index contributed by atoms with van der Waals surface area (Å²) >= 11 is 0. The molecule has 0 heterocycles. The molecule has 0 rings (SSSR count). The van der Waals surface area contributed by atoms with Crippen LogP contribution in [-0.4, -0.2) is 33.4 Å². The molecule has 0 saturated heterocycles. The van der Waals surface area contributed by atoms with E-state index in [1.54, 1.807) is 6.92 Å². The molecule has 0 saturated carbocycles. The zero-order chi connectivity index (χ0) is 9.07. The van der Waals surface area contributed by atoms with Crippen LogP contribution in [0.1, 0.15) is 20.3 Å². The first-order chi connectivity index (χ1) is 4.99. The van der Waals surface area contributed by atoms with Gasteiger partial charge in [0.05, 0.1) is 6.61 Å². The minimum Gasteiger partial charge on any atom is -0.393 e. The van der Waals surface area contributed by atoms with Crippen LogP contribution in [0.25, 0.3) is 0 Å². The van der Waals surface area contributed by atoms with Gasteiger partial charge in [0, 0.05) is 18.3 Å². The highest BCUT2D eigenvalue weighted by Crippen LogP contribution is 2.18. The van der Waals surface area contributed by atoms with E-state index in [0.717, 1.165) is 0 Å². The molecule has 0 aromatic heterocycles. The normalized spacial score (nSPS) is 18.9. The van der Waals surface area contributed by atoms with Gasteiger partial charge in [-0.15, -0.1) is 0 Å². The van der Waals surface area contributed by atoms with Gasteiger partial charge in [-0.1, -0.05) is 6.92 Å². The van der Waals surface area contributed by atoms with Crippen molar-refractivity contribution in [2.45, 2.75) is 31.9 Å². The summed E-state index contributed by atoms with van der Waals surface area (Å²) in [5, 5.41) is 27.9. The highest BCUT2D eigenvalue weighted by atomic mass is 16.6. The molecule has 0 fully saturated rings. The molecule has 0 aliphatic carbocycles. The highest BCUT2D eigenvalue weighted by Gasteiger charge is 2.42. The Morgan fingerprint density at radius 3 is 2.27 bits per heavy atom. The van der Waals surface area contributed by atoms with Crippen molar-refractivity contribution in [2.75, 3.05) is 6.61 Å². The summed E-state index contributed by atoms with van der Waals surface area (Å²) in [6, 6.07) is 0. The smallest absolute Gasteiger partial charge is 0.246 e. The molecule has 5 heteroatoms. The van der Waals surface area contributed by atoms with Crippen molar-refractivity contribution in [3.05, 3.63) is 10.1 Å². The predicted molar refractivity (Wildman–Crippen MR) is 38.8 cm³/mol. The molecule has 0 amide bonds. The van der Waals surface area contributed by atoms with Crippen LogP contribution >= 0.6 is 0 Å². The lowest BCUT2D eigenvalue weighted by molar-refractivity contribution is -0.579. The third kappa shape index (κ3) is 1.87. The van der Waals surface area contributed by atoms with E-state index < -0.39 is 23.2 Å². The summed E-state index contributed by atoms with van der Waals surface area (Å²) in [4.78, 5) is 9.83. The number of hydrogen-bond donors (Lipinski definition) is 2. The first-order valence-electron chi connectivity index (χ1n) is 3.42. The second kappa shape index (κ2) is 3.64. The van der Waals surface area contributed by atoms with Gasteiger partial charge in [-0.25, -0.2) is 0 Å². The number of aliphatic hydroxyl groups excluding tert-OH is 2. The van der Waals surface area contributed by atoms with Gasteiger partial charge < -0.3 is 10.2 Å². The molecule has 0 radical (unpaired) electrons. The lowest BCUT2D eigenvalue weighted by Gasteiger charge is -2.22. The van der Waals surface area contributed by atoms with Crippen LogP contribution in [0.15, 0.2) is 0 Å². The summed E-state index contributed by atoms with van der Waals surface area (Å²) in [6.45, 7) is 2.33. The molecule has 0 aliphatic heterocycles. The molecule has 0 spiro atoms. The molecule has 0 aromatic carbocycles. The van der Waals surface area contributed by atoms with Crippen molar-refractivity contribution in [3.63, 3.8) is 0 Å². The fourth-order valence-electron chi connectivity index (χ4n) is 0.683. The molecule has 2 N–H and O–H groups in total. The van der Waals surface area contributed by atoms with Crippen molar-refractivity contribution < 1.29 is 15.1 Å². The van der Waals surface area contributed by atoms with Crippen LogP contribution in [-0.2, 0) is 0 Å². The SMILES string of the molecule is CCC(C)(C(O)CO)[N+](=O)[O-]. The Morgan fingerprint density at radius 2 is 2.18 bits per heavy atom. The summed E-state index contributed by atoms with van der Waals surface area (Å²) in [7, 11) is 0. The summed E-state index contributed by atoms with van der Waals surface area (Å²) in [6.07, 6.45) is -1.09. The number of nitrogens with zero attached hydrogens (tertiary/aromatic N) is 1. The van der Waals surface area contributed by atoms with E-state index in [-0.39, 0.29) is 6.42 Å². The Morgan fingerprint density at radius 1 is 1.73 bits per heavy atom. The van der Waals surface area contributed by atoms with Gasteiger partial charge in [0.15, 0.2) is 0 Å². The quantitative estimate of drug-likeness (QED) is 0.443. The molecule has 5 nitrogen and oxygen atoms in total. The van der Waals surface area contributed by atoms with E-state index >= 15 is 0 Å². The molecule has 0 bridgehead atoms. The Balaban J connectivity index is 4.45. The Bertz CT molecular complexity index is 150. The Hall–Kier alpha value is -0.680. The summed E-state index contributed by atoms with van der Waals surface area (Å²) in [5.74, 6) is 0.